The van der Waals surface area contributed by atoms with Crippen LogP contribution >= 0.6 is 11.8 Å². The van der Waals surface area contributed by atoms with Crippen molar-refractivity contribution in [1.29, 1.82) is 0 Å². The highest BCUT2D eigenvalue weighted by molar-refractivity contribution is 8.00. The Morgan fingerprint density at radius 3 is 2.65 bits per heavy atom. The fraction of sp³-hybridized carbons (Fsp3) is 0.235. The van der Waals surface area contributed by atoms with E-state index in [1.54, 1.807) is 13.2 Å². The van der Waals surface area contributed by atoms with Gasteiger partial charge >= 0.3 is 0 Å². The summed E-state index contributed by atoms with van der Waals surface area (Å²) in [6.07, 6.45) is 0. The number of thioether (sulfide) groups is 1. The molecule has 0 atom stereocenters. The van der Waals surface area contributed by atoms with Gasteiger partial charge in [0.15, 0.2) is 11.6 Å². The smallest absolute Gasteiger partial charge is 0.234 e. The van der Waals surface area contributed by atoms with Crippen LogP contribution in [0.5, 0.6) is 5.75 Å². The number of amides is 1. The van der Waals surface area contributed by atoms with Crippen molar-refractivity contribution in [3.05, 3.63) is 54.3 Å². The third kappa shape index (κ3) is 5.92. The van der Waals surface area contributed by atoms with Gasteiger partial charge in [0.25, 0.3) is 0 Å². The first-order chi connectivity index (χ1) is 11.2. The Labute approximate surface area is 139 Å². The number of methoxy groups -OCH3 is 1. The van der Waals surface area contributed by atoms with Crippen LogP contribution in [-0.2, 0) is 9.53 Å². The van der Waals surface area contributed by atoms with Crippen LogP contribution in [0.2, 0.25) is 0 Å². The maximum absolute atomic E-state index is 13.9. The summed E-state index contributed by atoms with van der Waals surface area (Å²) in [6, 6.07) is 14.0. The Hall–Kier alpha value is -2.05. The third-order valence-corrected chi connectivity index (χ3v) is 3.89. The van der Waals surface area contributed by atoms with E-state index in [4.69, 9.17) is 9.47 Å². The van der Waals surface area contributed by atoms with E-state index in [9.17, 15) is 9.18 Å². The van der Waals surface area contributed by atoms with Crippen molar-refractivity contribution in [2.45, 2.75) is 4.90 Å². The van der Waals surface area contributed by atoms with Crippen LogP contribution in [0.4, 0.5) is 10.1 Å². The monoisotopic (exact) mass is 335 g/mol. The molecule has 0 heterocycles. The maximum atomic E-state index is 13.9. The van der Waals surface area contributed by atoms with Crippen LogP contribution in [0.3, 0.4) is 0 Å². The number of ether oxygens (including phenoxy) is 2. The molecule has 0 aromatic heterocycles. The molecule has 0 unspecified atom stereocenters. The van der Waals surface area contributed by atoms with E-state index in [0.717, 1.165) is 4.90 Å². The Morgan fingerprint density at radius 2 is 1.96 bits per heavy atom. The lowest BCUT2D eigenvalue weighted by atomic mass is 10.3. The molecule has 2 rings (SSSR count). The quantitative estimate of drug-likeness (QED) is 0.592. The summed E-state index contributed by atoms with van der Waals surface area (Å²) in [5.41, 5.74) is 0.403. The normalized spacial score (nSPS) is 10.3. The van der Waals surface area contributed by atoms with Crippen molar-refractivity contribution in [2.24, 2.45) is 0 Å². The van der Waals surface area contributed by atoms with E-state index in [2.05, 4.69) is 5.32 Å². The number of carbonyl (C=O) groups excluding carboxylic acids is 1. The lowest BCUT2D eigenvalue weighted by Crippen LogP contribution is -2.14. The van der Waals surface area contributed by atoms with E-state index >= 15 is 0 Å². The van der Waals surface area contributed by atoms with Crippen LogP contribution < -0.4 is 10.1 Å². The lowest BCUT2D eigenvalue weighted by molar-refractivity contribution is -0.113. The molecule has 0 fully saturated rings. The summed E-state index contributed by atoms with van der Waals surface area (Å²) in [6.45, 7) is 0.654. The topological polar surface area (TPSA) is 47.6 Å². The van der Waals surface area contributed by atoms with Crippen LogP contribution in [0.1, 0.15) is 0 Å². The largest absolute Gasteiger partial charge is 0.488 e. The molecule has 1 amide bonds. The number of rotatable bonds is 8. The standard InChI is InChI=1S/C17H18FNO3S/c1-21-9-10-22-16-8-7-13(11-15(16)18)19-17(20)12-23-14-5-3-2-4-6-14/h2-8,11H,9-10,12H2,1H3,(H,19,20). The zero-order chi connectivity index (χ0) is 16.5. The van der Waals surface area contributed by atoms with E-state index < -0.39 is 5.82 Å². The van der Waals surface area contributed by atoms with E-state index in [0.29, 0.717) is 12.3 Å². The van der Waals surface area contributed by atoms with E-state index in [-0.39, 0.29) is 24.0 Å². The second-order valence-electron chi connectivity index (χ2n) is 4.64. The lowest BCUT2D eigenvalue weighted by Gasteiger charge is -2.09. The Kier molecular flexibility index (Phi) is 6.90. The van der Waals surface area contributed by atoms with Gasteiger partial charge in [0.2, 0.25) is 5.91 Å². The van der Waals surface area contributed by atoms with Gasteiger partial charge in [-0.2, -0.15) is 0 Å². The molecule has 0 radical (unpaired) electrons. The maximum Gasteiger partial charge on any atom is 0.234 e. The Morgan fingerprint density at radius 1 is 1.17 bits per heavy atom. The van der Waals surface area contributed by atoms with Gasteiger partial charge in [-0.25, -0.2) is 4.39 Å². The number of carbonyl (C=O) groups is 1. The summed E-state index contributed by atoms with van der Waals surface area (Å²) in [7, 11) is 1.55. The van der Waals surface area contributed by atoms with E-state index in [1.807, 2.05) is 30.3 Å². The fourth-order valence-electron chi connectivity index (χ4n) is 1.79. The molecule has 0 saturated carbocycles. The number of benzene rings is 2. The van der Waals surface area contributed by atoms with Crippen molar-refractivity contribution in [1.82, 2.24) is 0 Å². The molecule has 23 heavy (non-hydrogen) atoms. The van der Waals surface area contributed by atoms with Crippen molar-refractivity contribution in [3.8, 4) is 5.75 Å². The first kappa shape index (κ1) is 17.3. The predicted octanol–water partition coefficient (Wildman–Crippen LogP) is 3.58. The molecular formula is C17H18FNO3S. The van der Waals surface area contributed by atoms with Crippen molar-refractivity contribution in [3.63, 3.8) is 0 Å². The zero-order valence-electron chi connectivity index (χ0n) is 12.8. The summed E-state index contributed by atoms with van der Waals surface area (Å²) in [5, 5.41) is 2.67. The minimum atomic E-state index is -0.519. The summed E-state index contributed by atoms with van der Waals surface area (Å²) in [4.78, 5) is 12.9. The number of nitrogens with one attached hydrogen (secondary N) is 1. The Balaban J connectivity index is 1.84. The SMILES string of the molecule is COCCOc1ccc(NC(=O)CSc2ccccc2)cc1F. The van der Waals surface area contributed by atoms with Gasteiger partial charge in [-0.05, 0) is 24.3 Å². The van der Waals surface area contributed by atoms with Crippen LogP contribution in [-0.4, -0.2) is 32.0 Å². The van der Waals surface area contributed by atoms with Crippen LogP contribution in [0.15, 0.2) is 53.4 Å². The molecule has 0 aliphatic carbocycles. The van der Waals surface area contributed by atoms with Crippen LogP contribution in [0.25, 0.3) is 0 Å². The molecule has 0 spiro atoms. The Bertz CT molecular complexity index is 637. The predicted molar refractivity (Wildman–Crippen MR) is 89.6 cm³/mol. The minimum Gasteiger partial charge on any atom is -0.488 e. The molecule has 2 aromatic rings. The summed E-state index contributed by atoms with van der Waals surface area (Å²) < 4.78 is 23.9. The molecule has 0 bridgehead atoms. The van der Waals surface area contributed by atoms with Gasteiger partial charge < -0.3 is 14.8 Å². The van der Waals surface area contributed by atoms with Gasteiger partial charge in [-0.15, -0.1) is 11.8 Å². The van der Waals surface area contributed by atoms with Gasteiger partial charge in [-0.3, -0.25) is 4.79 Å². The minimum absolute atomic E-state index is 0.138. The van der Waals surface area contributed by atoms with E-state index in [1.165, 1.54) is 23.9 Å². The van der Waals surface area contributed by atoms with Gasteiger partial charge in [-0.1, -0.05) is 18.2 Å². The highest BCUT2D eigenvalue weighted by Crippen LogP contribution is 2.22. The van der Waals surface area contributed by atoms with Gasteiger partial charge in [0.05, 0.1) is 12.4 Å². The van der Waals surface area contributed by atoms with Crippen LogP contribution in [0, 0.1) is 5.82 Å². The highest BCUT2D eigenvalue weighted by atomic mass is 32.2. The van der Waals surface area contributed by atoms with Crippen molar-refractivity contribution < 1.29 is 18.7 Å². The van der Waals surface area contributed by atoms with Gasteiger partial charge in [0.1, 0.15) is 6.61 Å². The molecule has 0 aliphatic heterocycles. The number of hydrogen-bond acceptors (Lipinski definition) is 4. The number of halogens is 1. The highest BCUT2D eigenvalue weighted by Gasteiger charge is 2.08. The zero-order valence-corrected chi connectivity index (χ0v) is 13.6. The molecular weight excluding hydrogens is 317 g/mol. The molecule has 122 valence electrons. The second kappa shape index (κ2) is 9.17. The average molecular weight is 335 g/mol. The first-order valence-corrected chi connectivity index (χ1v) is 8.06. The molecule has 0 aliphatic rings. The first-order valence-electron chi connectivity index (χ1n) is 7.08. The fourth-order valence-corrected chi connectivity index (χ4v) is 2.51. The molecule has 2 aromatic carbocycles. The van der Waals surface area contributed by atoms with Crippen molar-refractivity contribution in [2.75, 3.05) is 31.4 Å². The average Bonchev–Trinajstić information content (AvgIpc) is 2.56. The molecule has 6 heteroatoms. The second-order valence-corrected chi connectivity index (χ2v) is 5.69. The van der Waals surface area contributed by atoms with Gasteiger partial charge in [0, 0.05) is 23.8 Å². The third-order valence-electron chi connectivity index (χ3n) is 2.87. The van der Waals surface area contributed by atoms with Crippen molar-refractivity contribution >= 4 is 23.4 Å². The molecule has 1 N–H and O–H groups in total. The number of anilines is 1. The summed E-state index contributed by atoms with van der Waals surface area (Å²) >= 11 is 1.42. The number of hydrogen-bond donors (Lipinski definition) is 1. The molecule has 0 saturated heterocycles. The summed E-state index contributed by atoms with van der Waals surface area (Å²) in [5.74, 6) is -0.308. The molecule has 4 nitrogen and oxygen atoms in total.